The van der Waals surface area contributed by atoms with Crippen LogP contribution in [0.2, 0.25) is 5.02 Å². The van der Waals surface area contributed by atoms with Crippen LogP contribution in [0.5, 0.6) is 11.5 Å². The highest BCUT2D eigenvalue weighted by molar-refractivity contribution is 7.92. The largest absolute Gasteiger partial charge is 0.495 e. The molecule has 0 N–H and O–H groups in total. The van der Waals surface area contributed by atoms with Gasteiger partial charge in [0.1, 0.15) is 5.75 Å². The van der Waals surface area contributed by atoms with Crippen LogP contribution < -0.4 is 13.8 Å². The van der Waals surface area contributed by atoms with Gasteiger partial charge in [-0.2, -0.15) is 0 Å². The lowest BCUT2D eigenvalue weighted by atomic mass is 10.1. The van der Waals surface area contributed by atoms with Crippen LogP contribution in [0.25, 0.3) is 0 Å². The van der Waals surface area contributed by atoms with Gasteiger partial charge in [0.15, 0.2) is 11.6 Å². The average Bonchev–Trinajstić information content (AvgIpc) is 3.19. The Morgan fingerprint density at radius 3 is 2.61 bits per heavy atom. The van der Waals surface area contributed by atoms with Gasteiger partial charge in [0.2, 0.25) is 0 Å². The Labute approximate surface area is 168 Å². The lowest BCUT2D eigenvalue weighted by Gasteiger charge is -2.20. The second kappa shape index (κ2) is 8.55. The summed E-state index contributed by atoms with van der Waals surface area (Å²) in [6.45, 7) is 1.59. The highest BCUT2D eigenvalue weighted by Crippen LogP contribution is 2.32. The van der Waals surface area contributed by atoms with Gasteiger partial charge in [-0.25, -0.2) is 12.8 Å². The van der Waals surface area contributed by atoms with E-state index in [-0.39, 0.29) is 21.6 Å². The summed E-state index contributed by atoms with van der Waals surface area (Å²) in [5.41, 5.74) is 0.327. The third kappa shape index (κ3) is 4.34. The zero-order valence-electron chi connectivity index (χ0n) is 15.5. The molecule has 2 aromatic carbocycles. The van der Waals surface area contributed by atoms with Crippen molar-refractivity contribution in [1.82, 2.24) is 0 Å². The van der Waals surface area contributed by atoms with Gasteiger partial charge in [-0.3, -0.25) is 4.31 Å². The number of benzene rings is 2. The van der Waals surface area contributed by atoms with E-state index in [0.717, 1.165) is 16.8 Å². The summed E-state index contributed by atoms with van der Waals surface area (Å²) in [6.07, 6.45) is 0.864. The molecule has 0 bridgehead atoms. The topological polar surface area (TPSA) is 65.1 Å². The van der Waals surface area contributed by atoms with Crippen molar-refractivity contribution in [2.24, 2.45) is 5.92 Å². The molecule has 0 aromatic heterocycles. The average molecular weight is 430 g/mol. The standard InChI is InChI=1S/C19H21ClFNO5S/c1-22(14-3-5-18(25-2)16(20)9-14)28(23,24)15-4-6-19(17(21)10-15)27-12-13-7-8-26-11-13/h3-6,9-10,13H,7-8,11-12H2,1-2H3. The predicted molar refractivity (Wildman–Crippen MR) is 104 cm³/mol. The summed E-state index contributed by atoms with van der Waals surface area (Å²) in [7, 11) is -1.14. The number of nitrogens with zero attached hydrogens (tertiary/aromatic N) is 1. The van der Waals surface area contributed by atoms with Crippen LogP contribution in [-0.4, -0.2) is 42.4 Å². The highest BCUT2D eigenvalue weighted by Gasteiger charge is 2.24. The molecule has 1 saturated heterocycles. The Kier molecular flexibility index (Phi) is 6.32. The van der Waals surface area contributed by atoms with Gasteiger partial charge < -0.3 is 14.2 Å². The Bertz CT molecular complexity index is 947. The Morgan fingerprint density at radius 1 is 1.25 bits per heavy atom. The third-order valence-electron chi connectivity index (χ3n) is 4.56. The van der Waals surface area contributed by atoms with E-state index in [1.165, 1.54) is 32.4 Å². The van der Waals surface area contributed by atoms with Crippen LogP contribution in [0.3, 0.4) is 0 Å². The lowest BCUT2D eigenvalue weighted by Crippen LogP contribution is -2.26. The number of hydrogen-bond donors (Lipinski definition) is 0. The minimum atomic E-state index is -3.98. The quantitative estimate of drug-likeness (QED) is 0.671. The third-order valence-corrected chi connectivity index (χ3v) is 6.64. The van der Waals surface area contributed by atoms with E-state index in [2.05, 4.69) is 0 Å². The van der Waals surface area contributed by atoms with E-state index in [1.54, 1.807) is 12.1 Å². The van der Waals surface area contributed by atoms with Crippen molar-refractivity contribution in [1.29, 1.82) is 0 Å². The molecule has 1 fully saturated rings. The first-order chi connectivity index (χ1) is 13.3. The molecular formula is C19H21ClFNO5S. The number of halogens is 2. The van der Waals surface area contributed by atoms with Gasteiger partial charge >= 0.3 is 0 Å². The molecule has 1 heterocycles. The van der Waals surface area contributed by atoms with Crippen LogP contribution >= 0.6 is 11.6 Å². The van der Waals surface area contributed by atoms with Crippen molar-refractivity contribution >= 4 is 27.3 Å². The molecule has 1 aliphatic rings. The molecule has 3 rings (SSSR count). The lowest BCUT2D eigenvalue weighted by molar-refractivity contribution is 0.165. The van der Waals surface area contributed by atoms with Crippen molar-refractivity contribution in [2.75, 3.05) is 38.3 Å². The normalized spacial score (nSPS) is 16.8. The Morgan fingerprint density at radius 2 is 2.00 bits per heavy atom. The van der Waals surface area contributed by atoms with Crippen molar-refractivity contribution in [2.45, 2.75) is 11.3 Å². The molecule has 28 heavy (non-hydrogen) atoms. The molecule has 0 amide bonds. The van der Waals surface area contributed by atoms with Gasteiger partial charge in [-0.1, -0.05) is 11.6 Å². The van der Waals surface area contributed by atoms with Gasteiger partial charge in [-0.05, 0) is 42.8 Å². The van der Waals surface area contributed by atoms with E-state index in [1.807, 2.05) is 0 Å². The molecule has 2 aromatic rings. The van der Waals surface area contributed by atoms with Crippen LogP contribution in [0.4, 0.5) is 10.1 Å². The minimum absolute atomic E-state index is 0.0148. The summed E-state index contributed by atoms with van der Waals surface area (Å²) in [4.78, 5) is -0.184. The molecule has 6 nitrogen and oxygen atoms in total. The molecule has 0 saturated carbocycles. The smallest absolute Gasteiger partial charge is 0.264 e. The second-order valence-corrected chi connectivity index (χ2v) is 8.80. The maximum atomic E-state index is 14.4. The molecular weight excluding hydrogens is 409 g/mol. The summed E-state index contributed by atoms with van der Waals surface area (Å²) >= 11 is 6.07. The fourth-order valence-corrected chi connectivity index (χ4v) is 4.28. The van der Waals surface area contributed by atoms with E-state index in [4.69, 9.17) is 25.8 Å². The minimum Gasteiger partial charge on any atom is -0.495 e. The molecule has 1 atom stereocenters. The van der Waals surface area contributed by atoms with Gasteiger partial charge in [0.25, 0.3) is 10.0 Å². The SMILES string of the molecule is COc1ccc(N(C)S(=O)(=O)c2ccc(OCC3CCOC3)c(F)c2)cc1Cl. The number of sulfonamides is 1. The van der Waals surface area contributed by atoms with Gasteiger partial charge in [-0.15, -0.1) is 0 Å². The van der Waals surface area contributed by atoms with Crippen molar-refractivity contribution in [3.8, 4) is 11.5 Å². The number of ether oxygens (including phenoxy) is 3. The first kappa shape index (κ1) is 20.7. The molecule has 9 heteroatoms. The maximum absolute atomic E-state index is 14.4. The number of anilines is 1. The molecule has 0 spiro atoms. The predicted octanol–water partition coefficient (Wildman–Crippen LogP) is 3.73. The highest BCUT2D eigenvalue weighted by atomic mass is 35.5. The van der Waals surface area contributed by atoms with Crippen molar-refractivity contribution in [3.05, 3.63) is 47.2 Å². The monoisotopic (exact) mass is 429 g/mol. The van der Waals surface area contributed by atoms with Crippen LogP contribution in [-0.2, 0) is 14.8 Å². The van der Waals surface area contributed by atoms with E-state index in [0.29, 0.717) is 31.3 Å². The number of rotatable bonds is 7. The fraction of sp³-hybridized carbons (Fsp3) is 0.368. The first-order valence-electron chi connectivity index (χ1n) is 8.65. The van der Waals surface area contributed by atoms with E-state index in [9.17, 15) is 12.8 Å². The zero-order chi connectivity index (χ0) is 20.3. The van der Waals surface area contributed by atoms with Crippen molar-refractivity contribution < 1.29 is 27.0 Å². The molecule has 0 aliphatic carbocycles. The van der Waals surface area contributed by atoms with E-state index < -0.39 is 15.8 Å². The molecule has 152 valence electrons. The molecule has 0 radical (unpaired) electrons. The van der Waals surface area contributed by atoms with Gasteiger partial charge in [0.05, 0.1) is 35.9 Å². The van der Waals surface area contributed by atoms with Crippen LogP contribution in [0.15, 0.2) is 41.3 Å². The van der Waals surface area contributed by atoms with Crippen LogP contribution in [0.1, 0.15) is 6.42 Å². The summed E-state index contributed by atoms with van der Waals surface area (Å²) in [6, 6.07) is 8.19. The van der Waals surface area contributed by atoms with Crippen molar-refractivity contribution in [3.63, 3.8) is 0 Å². The molecule has 1 unspecified atom stereocenters. The van der Waals surface area contributed by atoms with E-state index >= 15 is 0 Å². The first-order valence-corrected chi connectivity index (χ1v) is 10.5. The summed E-state index contributed by atoms with van der Waals surface area (Å²) in [5.74, 6) is -0.0765. The second-order valence-electron chi connectivity index (χ2n) is 6.42. The zero-order valence-corrected chi connectivity index (χ0v) is 17.1. The Hall–Kier alpha value is -2.03. The van der Waals surface area contributed by atoms with Gasteiger partial charge in [0, 0.05) is 19.6 Å². The molecule has 1 aliphatic heterocycles. The fourth-order valence-electron chi connectivity index (χ4n) is 2.83. The number of hydrogen-bond acceptors (Lipinski definition) is 5. The Balaban J connectivity index is 1.78. The number of methoxy groups -OCH3 is 1. The maximum Gasteiger partial charge on any atom is 0.264 e. The summed E-state index contributed by atoms with van der Waals surface area (Å²) < 4.78 is 57.0. The summed E-state index contributed by atoms with van der Waals surface area (Å²) in [5, 5.41) is 0.271. The van der Waals surface area contributed by atoms with Crippen LogP contribution in [0, 0.1) is 11.7 Å².